The van der Waals surface area contributed by atoms with Crippen LogP contribution >= 0.6 is 0 Å². The third-order valence-electron chi connectivity index (χ3n) is 3.44. The number of rotatable bonds is 2. The standard InChI is InChI=1S/C17H14/c1-3-12-9-15-10-14-7-5-6-8-16(14)17(15)11-13(12)4-2/h3-9,11H,1-2,10H2. The normalized spacial score (nSPS) is 11.8. The number of hydrogen-bond donors (Lipinski definition) is 0. The minimum Gasteiger partial charge on any atom is -0.0984 e. The zero-order valence-corrected chi connectivity index (χ0v) is 9.74. The van der Waals surface area contributed by atoms with Crippen LogP contribution in [-0.4, -0.2) is 0 Å². The van der Waals surface area contributed by atoms with Gasteiger partial charge in [-0.25, -0.2) is 0 Å². The predicted octanol–water partition coefficient (Wildman–Crippen LogP) is 4.54. The molecule has 0 nitrogen and oxygen atoms in total. The Balaban J connectivity index is 2.27. The van der Waals surface area contributed by atoms with Crippen LogP contribution in [0.15, 0.2) is 49.6 Å². The fourth-order valence-corrected chi connectivity index (χ4v) is 2.57. The van der Waals surface area contributed by atoms with Crippen LogP contribution in [0.1, 0.15) is 22.3 Å². The summed E-state index contributed by atoms with van der Waals surface area (Å²) in [6, 6.07) is 13.1. The molecule has 1 aliphatic carbocycles. The van der Waals surface area contributed by atoms with Crippen LogP contribution in [0.2, 0.25) is 0 Å². The molecule has 3 rings (SSSR count). The summed E-state index contributed by atoms with van der Waals surface area (Å²) in [5.74, 6) is 0. The van der Waals surface area contributed by atoms with Gasteiger partial charge in [-0.3, -0.25) is 0 Å². The Bertz CT molecular complexity index is 618. The van der Waals surface area contributed by atoms with Crippen LogP contribution in [0.25, 0.3) is 23.3 Å². The highest BCUT2D eigenvalue weighted by atomic mass is 14.2. The van der Waals surface area contributed by atoms with Gasteiger partial charge in [0.2, 0.25) is 0 Å². The zero-order valence-electron chi connectivity index (χ0n) is 9.74. The van der Waals surface area contributed by atoms with Crippen molar-refractivity contribution in [2.75, 3.05) is 0 Å². The van der Waals surface area contributed by atoms with Crippen LogP contribution in [-0.2, 0) is 6.42 Å². The average molecular weight is 218 g/mol. The van der Waals surface area contributed by atoms with Gasteiger partial charge in [-0.05, 0) is 45.9 Å². The summed E-state index contributed by atoms with van der Waals surface area (Å²) in [5.41, 5.74) is 7.86. The molecule has 0 heterocycles. The first-order valence-corrected chi connectivity index (χ1v) is 5.83. The van der Waals surface area contributed by atoms with E-state index in [2.05, 4.69) is 49.6 Å². The highest BCUT2D eigenvalue weighted by Crippen LogP contribution is 2.38. The largest absolute Gasteiger partial charge is 0.0984 e. The molecule has 0 spiro atoms. The fraction of sp³-hybridized carbons (Fsp3) is 0.0588. The molecule has 0 heteroatoms. The van der Waals surface area contributed by atoms with Crippen molar-refractivity contribution in [3.8, 4) is 11.1 Å². The van der Waals surface area contributed by atoms with Gasteiger partial charge in [-0.2, -0.15) is 0 Å². The van der Waals surface area contributed by atoms with E-state index in [1.165, 1.54) is 27.8 Å². The van der Waals surface area contributed by atoms with E-state index in [0.29, 0.717) is 0 Å². The van der Waals surface area contributed by atoms with Crippen molar-refractivity contribution in [3.05, 3.63) is 71.8 Å². The fourth-order valence-electron chi connectivity index (χ4n) is 2.57. The Hall–Kier alpha value is -2.08. The Morgan fingerprint density at radius 2 is 1.53 bits per heavy atom. The highest BCUT2D eigenvalue weighted by molar-refractivity contribution is 5.81. The molecule has 1 aliphatic rings. The maximum atomic E-state index is 3.87. The molecule has 2 aromatic rings. The first kappa shape index (κ1) is 10.1. The van der Waals surface area contributed by atoms with Crippen LogP contribution < -0.4 is 0 Å². The van der Waals surface area contributed by atoms with E-state index in [4.69, 9.17) is 0 Å². The van der Waals surface area contributed by atoms with E-state index < -0.39 is 0 Å². The van der Waals surface area contributed by atoms with E-state index in [9.17, 15) is 0 Å². The third kappa shape index (κ3) is 1.45. The summed E-state index contributed by atoms with van der Waals surface area (Å²) in [4.78, 5) is 0. The van der Waals surface area contributed by atoms with Crippen molar-refractivity contribution in [1.29, 1.82) is 0 Å². The van der Waals surface area contributed by atoms with Gasteiger partial charge < -0.3 is 0 Å². The summed E-state index contributed by atoms with van der Waals surface area (Å²) in [7, 11) is 0. The molecular weight excluding hydrogens is 204 g/mol. The monoisotopic (exact) mass is 218 g/mol. The van der Waals surface area contributed by atoms with Gasteiger partial charge in [-0.1, -0.05) is 55.6 Å². The van der Waals surface area contributed by atoms with Gasteiger partial charge in [0.1, 0.15) is 0 Å². The number of benzene rings is 2. The molecule has 0 radical (unpaired) electrons. The summed E-state index contributed by atoms with van der Waals surface area (Å²) in [6.07, 6.45) is 4.84. The van der Waals surface area contributed by atoms with Crippen molar-refractivity contribution in [2.24, 2.45) is 0 Å². The van der Waals surface area contributed by atoms with Crippen molar-refractivity contribution in [1.82, 2.24) is 0 Å². The Morgan fingerprint density at radius 3 is 2.29 bits per heavy atom. The molecule has 0 aromatic heterocycles. The topological polar surface area (TPSA) is 0 Å². The maximum absolute atomic E-state index is 3.87. The summed E-state index contributed by atoms with van der Waals surface area (Å²) >= 11 is 0. The second kappa shape index (κ2) is 3.74. The summed E-state index contributed by atoms with van der Waals surface area (Å²) in [6.45, 7) is 7.74. The smallest absolute Gasteiger partial charge is 0.00132 e. The minimum absolute atomic E-state index is 1.03. The van der Waals surface area contributed by atoms with Crippen molar-refractivity contribution >= 4 is 12.2 Å². The predicted molar refractivity (Wildman–Crippen MR) is 74.9 cm³/mol. The van der Waals surface area contributed by atoms with Crippen LogP contribution in [0.3, 0.4) is 0 Å². The van der Waals surface area contributed by atoms with Crippen LogP contribution in [0, 0.1) is 0 Å². The lowest BCUT2D eigenvalue weighted by Crippen LogP contribution is -1.86. The van der Waals surface area contributed by atoms with E-state index >= 15 is 0 Å². The molecule has 0 fully saturated rings. The molecule has 0 aliphatic heterocycles. The second-order valence-corrected chi connectivity index (χ2v) is 4.38. The summed E-state index contributed by atoms with van der Waals surface area (Å²) < 4.78 is 0. The molecule has 0 saturated carbocycles. The van der Waals surface area contributed by atoms with Gasteiger partial charge in [0, 0.05) is 0 Å². The molecule has 82 valence electrons. The van der Waals surface area contributed by atoms with Crippen molar-refractivity contribution in [3.63, 3.8) is 0 Å². The second-order valence-electron chi connectivity index (χ2n) is 4.38. The molecule has 0 atom stereocenters. The van der Waals surface area contributed by atoms with Gasteiger partial charge in [0.15, 0.2) is 0 Å². The molecule has 0 bridgehead atoms. The van der Waals surface area contributed by atoms with Gasteiger partial charge in [0.05, 0.1) is 0 Å². The van der Waals surface area contributed by atoms with E-state index in [1.807, 2.05) is 12.2 Å². The van der Waals surface area contributed by atoms with Crippen LogP contribution in [0.5, 0.6) is 0 Å². The Morgan fingerprint density at radius 1 is 0.824 bits per heavy atom. The highest BCUT2D eigenvalue weighted by Gasteiger charge is 2.18. The molecule has 0 N–H and O–H groups in total. The van der Waals surface area contributed by atoms with E-state index in [0.717, 1.165) is 12.0 Å². The lowest BCUT2D eigenvalue weighted by atomic mass is 9.98. The molecule has 0 amide bonds. The van der Waals surface area contributed by atoms with E-state index in [-0.39, 0.29) is 0 Å². The van der Waals surface area contributed by atoms with Crippen molar-refractivity contribution < 1.29 is 0 Å². The SMILES string of the molecule is C=Cc1cc2c(cc1C=C)-c1ccccc1C2. The Kier molecular flexibility index (Phi) is 2.22. The number of fused-ring (bicyclic) bond motifs is 3. The Labute approximate surface area is 102 Å². The van der Waals surface area contributed by atoms with Gasteiger partial charge in [0.25, 0.3) is 0 Å². The molecule has 17 heavy (non-hydrogen) atoms. The quantitative estimate of drug-likeness (QED) is 0.592. The first-order chi connectivity index (χ1) is 8.33. The maximum Gasteiger partial charge on any atom is -0.00132 e. The lowest BCUT2D eigenvalue weighted by Gasteiger charge is -2.06. The molecule has 0 saturated heterocycles. The number of hydrogen-bond acceptors (Lipinski definition) is 0. The average Bonchev–Trinajstić information content (AvgIpc) is 2.74. The molecule has 2 aromatic carbocycles. The first-order valence-electron chi connectivity index (χ1n) is 5.83. The molecular formula is C17H14. The van der Waals surface area contributed by atoms with Gasteiger partial charge >= 0.3 is 0 Å². The lowest BCUT2D eigenvalue weighted by molar-refractivity contribution is 1.26. The van der Waals surface area contributed by atoms with Gasteiger partial charge in [-0.15, -0.1) is 0 Å². The molecule has 0 unspecified atom stereocenters. The minimum atomic E-state index is 1.03. The van der Waals surface area contributed by atoms with Crippen LogP contribution in [0.4, 0.5) is 0 Å². The van der Waals surface area contributed by atoms with Crippen molar-refractivity contribution in [2.45, 2.75) is 6.42 Å². The zero-order chi connectivity index (χ0) is 11.8. The van der Waals surface area contributed by atoms with E-state index in [1.54, 1.807) is 0 Å². The third-order valence-corrected chi connectivity index (χ3v) is 3.44. The summed E-state index contributed by atoms with van der Waals surface area (Å²) in [5, 5.41) is 0.